The summed E-state index contributed by atoms with van der Waals surface area (Å²) in [5, 5.41) is 11.9. The molecule has 0 bridgehead atoms. The molecule has 2 rings (SSSR count). The number of carboxylic acids is 1. The molecule has 2 amide bonds. The van der Waals surface area contributed by atoms with Crippen molar-refractivity contribution in [3.05, 3.63) is 17.8 Å². The van der Waals surface area contributed by atoms with Crippen LogP contribution in [0.3, 0.4) is 0 Å². The highest BCUT2D eigenvalue weighted by Gasteiger charge is 2.42. The fourth-order valence-corrected chi connectivity index (χ4v) is 2.22. The molecule has 0 radical (unpaired) electrons. The fourth-order valence-electron chi connectivity index (χ4n) is 2.22. The number of hydrogen-bond donors (Lipinski definition) is 2. The van der Waals surface area contributed by atoms with Gasteiger partial charge in [0.25, 0.3) is 0 Å². The number of aromatic nitrogens is 1. The molecule has 20 heavy (non-hydrogen) atoms. The smallest absolute Gasteiger partial charge is 0.318 e. The third kappa shape index (κ3) is 2.76. The monoisotopic (exact) mass is 281 g/mol. The average Bonchev–Trinajstić information content (AvgIpc) is 2.96. The summed E-state index contributed by atoms with van der Waals surface area (Å²) in [5.74, 6) is 0.251. The molecule has 0 spiro atoms. The van der Waals surface area contributed by atoms with Gasteiger partial charge < -0.3 is 19.7 Å². The number of carbonyl (C=O) groups excluding carboxylic acids is 1. The van der Waals surface area contributed by atoms with Crippen molar-refractivity contribution in [1.82, 2.24) is 15.2 Å². The minimum Gasteiger partial charge on any atom is -0.481 e. The number of carbonyl (C=O) groups is 2. The van der Waals surface area contributed by atoms with Gasteiger partial charge in [0, 0.05) is 13.1 Å². The zero-order valence-electron chi connectivity index (χ0n) is 11.8. The normalized spacial score (nSPS) is 23.6. The quantitative estimate of drug-likeness (QED) is 0.876. The second-order valence-corrected chi connectivity index (χ2v) is 5.52. The SMILES string of the molecule is Cc1cnc(C(C)NC(=O)N2CCC(C)(C(=O)O)C2)o1. The Labute approximate surface area is 117 Å². The largest absolute Gasteiger partial charge is 0.481 e. The highest BCUT2D eigenvalue weighted by molar-refractivity contribution is 5.79. The summed E-state index contributed by atoms with van der Waals surface area (Å²) in [5.41, 5.74) is -0.861. The average molecular weight is 281 g/mol. The number of urea groups is 1. The van der Waals surface area contributed by atoms with Crippen LogP contribution in [0.15, 0.2) is 10.6 Å². The molecule has 0 aliphatic carbocycles. The van der Waals surface area contributed by atoms with Crippen LogP contribution in [-0.4, -0.2) is 40.1 Å². The maximum absolute atomic E-state index is 12.1. The molecule has 2 heterocycles. The Bertz CT molecular complexity index is 527. The van der Waals surface area contributed by atoms with E-state index in [0.717, 1.165) is 0 Å². The molecular formula is C13H19N3O4. The molecule has 7 heteroatoms. The second-order valence-electron chi connectivity index (χ2n) is 5.52. The summed E-state index contributed by atoms with van der Waals surface area (Å²) < 4.78 is 5.35. The van der Waals surface area contributed by atoms with Crippen LogP contribution in [0.25, 0.3) is 0 Å². The number of likely N-dealkylation sites (tertiary alicyclic amines) is 1. The lowest BCUT2D eigenvalue weighted by molar-refractivity contribution is -0.147. The number of hydrogen-bond acceptors (Lipinski definition) is 4. The highest BCUT2D eigenvalue weighted by atomic mass is 16.4. The Hall–Kier alpha value is -2.05. The molecule has 110 valence electrons. The van der Waals surface area contributed by atoms with Gasteiger partial charge in [0.05, 0.1) is 11.6 Å². The van der Waals surface area contributed by atoms with Crippen LogP contribution < -0.4 is 5.32 Å². The van der Waals surface area contributed by atoms with Crippen LogP contribution >= 0.6 is 0 Å². The van der Waals surface area contributed by atoms with Crippen molar-refractivity contribution in [2.75, 3.05) is 13.1 Å². The van der Waals surface area contributed by atoms with E-state index in [1.165, 1.54) is 4.90 Å². The van der Waals surface area contributed by atoms with Gasteiger partial charge >= 0.3 is 12.0 Å². The molecule has 0 saturated carbocycles. The van der Waals surface area contributed by atoms with E-state index in [9.17, 15) is 9.59 Å². The lowest BCUT2D eigenvalue weighted by Gasteiger charge is -2.21. The molecule has 1 aromatic heterocycles. The second kappa shape index (κ2) is 5.15. The maximum atomic E-state index is 12.1. The van der Waals surface area contributed by atoms with Crippen LogP contribution in [0, 0.1) is 12.3 Å². The van der Waals surface area contributed by atoms with Gasteiger partial charge in [0.2, 0.25) is 5.89 Å². The Morgan fingerprint density at radius 3 is 2.80 bits per heavy atom. The van der Waals surface area contributed by atoms with E-state index in [1.54, 1.807) is 27.0 Å². The Morgan fingerprint density at radius 2 is 2.30 bits per heavy atom. The van der Waals surface area contributed by atoms with Crippen LogP contribution in [-0.2, 0) is 4.79 Å². The first-order valence-corrected chi connectivity index (χ1v) is 6.53. The Balaban J connectivity index is 1.95. The summed E-state index contributed by atoms with van der Waals surface area (Å²) in [6.45, 7) is 5.86. The molecular weight excluding hydrogens is 262 g/mol. The first-order valence-electron chi connectivity index (χ1n) is 6.53. The van der Waals surface area contributed by atoms with Gasteiger partial charge in [-0.2, -0.15) is 0 Å². The number of carboxylic acid groups (broad SMARTS) is 1. The molecule has 0 aromatic carbocycles. The van der Waals surface area contributed by atoms with Crippen molar-refractivity contribution in [2.45, 2.75) is 33.2 Å². The first-order chi connectivity index (χ1) is 9.32. The number of aliphatic carboxylic acids is 1. The third-order valence-corrected chi connectivity index (χ3v) is 3.63. The number of oxazole rings is 1. The minimum absolute atomic E-state index is 0.214. The van der Waals surface area contributed by atoms with Gasteiger partial charge in [-0.15, -0.1) is 0 Å². The molecule has 1 saturated heterocycles. The number of aryl methyl sites for hydroxylation is 1. The zero-order chi connectivity index (χ0) is 14.9. The van der Waals surface area contributed by atoms with E-state index in [0.29, 0.717) is 24.6 Å². The number of nitrogens with zero attached hydrogens (tertiary/aromatic N) is 2. The predicted molar refractivity (Wildman–Crippen MR) is 70.1 cm³/mol. The van der Waals surface area contributed by atoms with Crippen LogP contribution in [0.2, 0.25) is 0 Å². The van der Waals surface area contributed by atoms with Crippen molar-refractivity contribution in [3.63, 3.8) is 0 Å². The van der Waals surface area contributed by atoms with Crippen LogP contribution in [0.4, 0.5) is 4.79 Å². The van der Waals surface area contributed by atoms with E-state index in [-0.39, 0.29) is 18.6 Å². The van der Waals surface area contributed by atoms with Gasteiger partial charge in [-0.25, -0.2) is 9.78 Å². The lowest BCUT2D eigenvalue weighted by atomic mass is 9.90. The van der Waals surface area contributed by atoms with Gasteiger partial charge in [-0.3, -0.25) is 4.79 Å². The van der Waals surface area contributed by atoms with E-state index in [2.05, 4.69) is 10.3 Å². The molecule has 1 aliphatic rings. The first kappa shape index (κ1) is 14.4. The third-order valence-electron chi connectivity index (χ3n) is 3.63. The van der Waals surface area contributed by atoms with Crippen LogP contribution in [0.5, 0.6) is 0 Å². The Kier molecular flexibility index (Phi) is 3.69. The summed E-state index contributed by atoms with van der Waals surface area (Å²) in [6.07, 6.45) is 2.05. The Morgan fingerprint density at radius 1 is 1.60 bits per heavy atom. The molecule has 2 unspecified atom stereocenters. The number of nitrogens with one attached hydrogen (secondary N) is 1. The molecule has 1 fully saturated rings. The van der Waals surface area contributed by atoms with Crippen molar-refractivity contribution in [2.24, 2.45) is 5.41 Å². The maximum Gasteiger partial charge on any atom is 0.318 e. The van der Waals surface area contributed by atoms with E-state index >= 15 is 0 Å². The summed E-state index contributed by atoms with van der Waals surface area (Å²) >= 11 is 0. The highest BCUT2D eigenvalue weighted by Crippen LogP contribution is 2.30. The lowest BCUT2D eigenvalue weighted by Crippen LogP contribution is -2.41. The molecule has 1 aromatic rings. The van der Waals surface area contributed by atoms with Crippen molar-refractivity contribution >= 4 is 12.0 Å². The predicted octanol–water partition coefficient (Wildman–Crippen LogP) is 1.55. The standard InChI is InChI=1S/C13H19N3O4/c1-8-6-14-10(20-8)9(2)15-12(19)16-5-4-13(3,7-16)11(17)18/h6,9H,4-5,7H2,1-3H3,(H,15,19)(H,17,18). The van der Waals surface area contributed by atoms with Gasteiger partial charge in [0.1, 0.15) is 11.8 Å². The minimum atomic E-state index is -0.871. The summed E-state index contributed by atoms with van der Waals surface area (Å²) in [7, 11) is 0. The topological polar surface area (TPSA) is 95.7 Å². The molecule has 1 aliphatic heterocycles. The zero-order valence-corrected chi connectivity index (χ0v) is 11.8. The van der Waals surface area contributed by atoms with Gasteiger partial charge in [0.15, 0.2) is 0 Å². The summed E-state index contributed by atoms with van der Waals surface area (Å²) in [6, 6.07) is -0.647. The summed E-state index contributed by atoms with van der Waals surface area (Å²) in [4.78, 5) is 28.8. The van der Waals surface area contributed by atoms with E-state index in [4.69, 9.17) is 9.52 Å². The van der Waals surface area contributed by atoms with Crippen molar-refractivity contribution in [1.29, 1.82) is 0 Å². The van der Waals surface area contributed by atoms with E-state index in [1.807, 2.05) is 0 Å². The molecule has 2 N–H and O–H groups in total. The van der Waals surface area contributed by atoms with Crippen molar-refractivity contribution in [3.8, 4) is 0 Å². The van der Waals surface area contributed by atoms with Gasteiger partial charge in [-0.1, -0.05) is 0 Å². The molecule has 7 nitrogen and oxygen atoms in total. The number of amides is 2. The van der Waals surface area contributed by atoms with Crippen LogP contribution in [0.1, 0.15) is 38.0 Å². The molecule has 2 atom stereocenters. The van der Waals surface area contributed by atoms with E-state index < -0.39 is 11.4 Å². The van der Waals surface area contributed by atoms with Gasteiger partial charge in [-0.05, 0) is 27.2 Å². The fraction of sp³-hybridized carbons (Fsp3) is 0.615. The number of rotatable bonds is 3. The van der Waals surface area contributed by atoms with Crippen molar-refractivity contribution < 1.29 is 19.1 Å².